The van der Waals surface area contributed by atoms with Gasteiger partial charge in [-0.15, -0.1) is 0 Å². The highest BCUT2D eigenvalue weighted by atomic mass is 16.3. The highest BCUT2D eigenvalue weighted by Crippen LogP contribution is 2.75. The van der Waals surface area contributed by atoms with Crippen molar-refractivity contribution < 1.29 is 25.2 Å². The normalized spacial score (nSPS) is 38.0. The number of carbonyl (C=O) groups is 1. The fourth-order valence-corrected chi connectivity index (χ4v) is 8.93. The monoisotopic (exact) mass is 577 g/mol. The Morgan fingerprint density at radius 1 is 1.14 bits per heavy atom. The first-order valence-corrected chi connectivity index (χ1v) is 15.5. The maximum absolute atomic E-state index is 13.0. The van der Waals surface area contributed by atoms with E-state index in [-0.39, 0.29) is 25.0 Å². The summed E-state index contributed by atoms with van der Waals surface area (Å²) >= 11 is 0. The predicted molar refractivity (Wildman–Crippen MR) is 168 cm³/mol. The van der Waals surface area contributed by atoms with Gasteiger partial charge >= 0.3 is 0 Å². The molecule has 0 amide bonds. The molecule has 0 radical (unpaired) electrons. The number of fused-ring (bicyclic) bond motifs is 1. The lowest BCUT2D eigenvalue weighted by Gasteiger charge is -2.68. The van der Waals surface area contributed by atoms with E-state index in [1.54, 1.807) is 0 Å². The zero-order chi connectivity index (χ0) is 30.8. The van der Waals surface area contributed by atoms with Gasteiger partial charge in [0.25, 0.3) is 0 Å². The Hall–Kier alpha value is -2.35. The minimum absolute atomic E-state index is 0.0553. The van der Waals surface area contributed by atoms with E-state index in [2.05, 4.69) is 44.0 Å². The second kappa shape index (κ2) is 12.7. The molecule has 0 aromatic carbocycles. The lowest BCUT2D eigenvalue weighted by atomic mass is 9.37. The van der Waals surface area contributed by atoms with Gasteiger partial charge in [-0.2, -0.15) is 0 Å². The molecule has 0 unspecified atom stereocenters. The third-order valence-electron chi connectivity index (χ3n) is 10.7. The van der Waals surface area contributed by atoms with Crippen molar-refractivity contribution in [3.8, 4) is 0 Å². The summed E-state index contributed by atoms with van der Waals surface area (Å²) < 4.78 is 0. The Balaban J connectivity index is 1.85. The first-order chi connectivity index (χ1) is 20.0. The van der Waals surface area contributed by atoms with Gasteiger partial charge in [0.05, 0.1) is 17.8 Å². The van der Waals surface area contributed by atoms with Crippen LogP contribution in [0.25, 0.3) is 0 Å². The highest BCUT2D eigenvalue weighted by molar-refractivity contribution is 5.75. The van der Waals surface area contributed by atoms with Crippen LogP contribution in [0.4, 0.5) is 0 Å². The SMILES string of the molecule is C=C(/C=C/C=C(/CO)[C@@H]1CC[C@@]23[C@H]4/C(=C(/C)C=O)[C@H](C=C[C@@]4(CCO)C=C[C@@]12O)C[C@]3(O)CCNC)CCC=C(C)C. The van der Waals surface area contributed by atoms with Crippen LogP contribution in [0.15, 0.2) is 83.1 Å². The van der Waals surface area contributed by atoms with Crippen LogP contribution in [-0.4, -0.2) is 64.7 Å². The number of aliphatic hydroxyl groups is 4. The molecule has 2 bridgehead atoms. The van der Waals surface area contributed by atoms with Gasteiger partial charge in [0, 0.05) is 35.2 Å². The third-order valence-corrected chi connectivity index (χ3v) is 10.7. The van der Waals surface area contributed by atoms with E-state index in [1.165, 1.54) is 5.57 Å². The van der Waals surface area contributed by atoms with E-state index in [0.717, 1.165) is 30.3 Å². The van der Waals surface area contributed by atoms with Gasteiger partial charge in [0.1, 0.15) is 6.29 Å². The quantitative estimate of drug-likeness (QED) is 0.0923. The molecule has 2 fully saturated rings. The summed E-state index contributed by atoms with van der Waals surface area (Å²) in [6.07, 6.45) is 21.1. The van der Waals surface area contributed by atoms with Crippen molar-refractivity contribution >= 4 is 6.29 Å². The van der Waals surface area contributed by atoms with E-state index in [9.17, 15) is 25.2 Å². The highest BCUT2D eigenvalue weighted by Gasteiger charge is 2.77. The summed E-state index contributed by atoms with van der Waals surface area (Å²) in [6, 6.07) is 0. The second-order valence-corrected chi connectivity index (χ2v) is 13.3. The molecule has 0 saturated heterocycles. The number of aldehydes is 1. The zero-order valence-electron chi connectivity index (χ0n) is 25.9. The maximum atomic E-state index is 13.0. The summed E-state index contributed by atoms with van der Waals surface area (Å²) in [5.74, 6) is -0.906. The van der Waals surface area contributed by atoms with E-state index < -0.39 is 27.9 Å². The number of hydrogen-bond acceptors (Lipinski definition) is 6. The molecule has 4 aliphatic carbocycles. The second-order valence-electron chi connectivity index (χ2n) is 13.3. The van der Waals surface area contributed by atoms with Crippen LogP contribution in [0.5, 0.6) is 0 Å². The summed E-state index contributed by atoms with van der Waals surface area (Å²) in [5.41, 5.74) is 0.232. The van der Waals surface area contributed by atoms with Gasteiger partial charge in [-0.1, -0.05) is 71.9 Å². The lowest BCUT2D eigenvalue weighted by Crippen LogP contribution is -2.72. The van der Waals surface area contributed by atoms with Gasteiger partial charge in [-0.3, -0.25) is 4.79 Å². The van der Waals surface area contributed by atoms with Gasteiger partial charge in [0.15, 0.2) is 0 Å². The molecule has 6 nitrogen and oxygen atoms in total. The van der Waals surface area contributed by atoms with Crippen molar-refractivity contribution in [3.63, 3.8) is 0 Å². The fraction of sp³-hybridized carbons (Fsp3) is 0.583. The predicted octanol–water partition coefficient (Wildman–Crippen LogP) is 4.89. The van der Waals surface area contributed by atoms with Crippen LogP contribution in [0.2, 0.25) is 0 Å². The van der Waals surface area contributed by atoms with Crippen LogP contribution >= 0.6 is 0 Å². The number of rotatable bonds is 13. The molecule has 2 saturated carbocycles. The maximum Gasteiger partial charge on any atom is 0.145 e. The Labute approximate surface area is 252 Å². The minimum Gasteiger partial charge on any atom is -0.396 e. The van der Waals surface area contributed by atoms with Crippen LogP contribution < -0.4 is 5.32 Å². The van der Waals surface area contributed by atoms with Crippen molar-refractivity contribution in [3.05, 3.63) is 83.1 Å². The van der Waals surface area contributed by atoms with Crippen molar-refractivity contribution in [1.82, 2.24) is 5.32 Å². The summed E-state index contributed by atoms with van der Waals surface area (Å²) in [6.45, 7) is 10.5. The van der Waals surface area contributed by atoms with Crippen LogP contribution in [0.1, 0.15) is 65.7 Å². The number of hydrogen-bond donors (Lipinski definition) is 5. The van der Waals surface area contributed by atoms with Gasteiger partial charge in [-0.25, -0.2) is 0 Å². The molecule has 0 heterocycles. The molecule has 5 N–H and O–H groups in total. The fourth-order valence-electron chi connectivity index (χ4n) is 8.93. The van der Waals surface area contributed by atoms with Crippen LogP contribution in [0, 0.1) is 28.6 Å². The third kappa shape index (κ3) is 5.20. The average molecular weight is 578 g/mol. The van der Waals surface area contributed by atoms with E-state index in [0.29, 0.717) is 49.8 Å². The number of aliphatic hydroxyl groups excluding tert-OH is 2. The van der Waals surface area contributed by atoms with E-state index >= 15 is 0 Å². The minimum atomic E-state index is -1.47. The Bertz CT molecular complexity index is 1240. The summed E-state index contributed by atoms with van der Waals surface area (Å²) in [4.78, 5) is 12.3. The van der Waals surface area contributed by atoms with Crippen molar-refractivity contribution in [1.29, 1.82) is 0 Å². The largest absolute Gasteiger partial charge is 0.396 e. The molecular formula is C36H51NO5. The standard InChI is InChI=1S/C36H51NO5/c1-25(2)8-6-9-26(3)10-7-11-29(24-40)30-13-15-35-32-31(27(4)23-39)28(22-34(35,41)18-20-37-5)12-14-33(32,19-21-38)16-17-36(30,35)42/h7-8,10-12,14,16-17,23,28,30,32,37-38,40-42H,3,6,9,13,15,18-22,24H2,1-2,4-5H3/b10-7+,29-11-,31-27-/t28-,30+,32+,33+,34-,35+,36-/m1/s1. The van der Waals surface area contributed by atoms with E-state index in [1.807, 2.05) is 44.4 Å². The molecule has 0 aromatic rings. The van der Waals surface area contributed by atoms with Crippen molar-refractivity contribution in [2.24, 2.45) is 28.6 Å². The smallest absolute Gasteiger partial charge is 0.145 e. The Morgan fingerprint density at radius 3 is 2.55 bits per heavy atom. The van der Waals surface area contributed by atoms with Gasteiger partial charge in [0.2, 0.25) is 0 Å². The number of nitrogens with one attached hydrogen (secondary N) is 1. The Morgan fingerprint density at radius 2 is 1.90 bits per heavy atom. The molecular weight excluding hydrogens is 526 g/mol. The van der Waals surface area contributed by atoms with E-state index in [4.69, 9.17) is 0 Å². The van der Waals surface area contributed by atoms with Crippen LogP contribution in [-0.2, 0) is 4.79 Å². The van der Waals surface area contributed by atoms with Gasteiger partial charge in [-0.05, 0) is 90.5 Å². The van der Waals surface area contributed by atoms with Crippen molar-refractivity contribution in [2.75, 3.05) is 26.8 Å². The average Bonchev–Trinajstić information content (AvgIpc) is 3.27. The molecule has 0 aromatic heterocycles. The number of carbonyl (C=O) groups excluding carboxylic acids is 1. The summed E-state index contributed by atoms with van der Waals surface area (Å²) in [7, 11) is 1.86. The summed E-state index contributed by atoms with van der Waals surface area (Å²) in [5, 5.41) is 49.8. The molecule has 7 atom stereocenters. The number of allylic oxidation sites excluding steroid dienone is 11. The first-order valence-electron chi connectivity index (χ1n) is 15.5. The molecule has 230 valence electrons. The van der Waals surface area contributed by atoms with Crippen molar-refractivity contribution in [2.45, 2.75) is 76.9 Å². The topological polar surface area (TPSA) is 110 Å². The molecule has 6 heteroatoms. The molecule has 1 spiro atoms. The molecule has 0 aliphatic heterocycles. The molecule has 4 aliphatic rings. The lowest BCUT2D eigenvalue weighted by molar-refractivity contribution is -0.233. The van der Waals surface area contributed by atoms with Gasteiger partial charge < -0.3 is 25.7 Å². The van der Waals surface area contributed by atoms with Crippen LogP contribution in [0.3, 0.4) is 0 Å². The zero-order valence-corrected chi connectivity index (χ0v) is 25.9. The Kier molecular flexibility index (Phi) is 9.86. The molecule has 42 heavy (non-hydrogen) atoms. The first kappa shape index (κ1) is 32.6. The molecule has 4 rings (SSSR count).